The first-order chi connectivity index (χ1) is 14.6. The zero-order valence-corrected chi connectivity index (χ0v) is 19.4. The van der Waals surface area contributed by atoms with E-state index < -0.39 is 17.5 Å². The van der Waals surface area contributed by atoms with Crippen molar-refractivity contribution in [1.82, 2.24) is 5.32 Å². The molecule has 7 nitrogen and oxygen atoms in total. The Balaban J connectivity index is 1.87. The molecule has 0 aromatic carbocycles. The molecule has 0 aromatic rings. The number of esters is 2. The Hall–Kier alpha value is -1.73. The van der Waals surface area contributed by atoms with Crippen molar-refractivity contribution in [1.29, 1.82) is 0 Å². The van der Waals surface area contributed by atoms with E-state index in [1.807, 2.05) is 6.92 Å². The molecule has 0 amide bonds. The molecule has 0 aromatic heterocycles. The van der Waals surface area contributed by atoms with Crippen molar-refractivity contribution < 1.29 is 29.0 Å². The normalized spacial score (nSPS) is 41.3. The lowest BCUT2D eigenvalue weighted by atomic mass is 9.42. The molecule has 31 heavy (non-hydrogen) atoms. The number of nitrogens with one attached hydrogen (secondary N) is 1. The van der Waals surface area contributed by atoms with Crippen LogP contribution in [0.3, 0.4) is 0 Å². The number of rotatable bonds is 5. The molecular formula is C24H37NO6. The van der Waals surface area contributed by atoms with Gasteiger partial charge in [0.15, 0.2) is 0 Å². The minimum absolute atomic E-state index is 0.0443. The second-order valence-electron chi connectivity index (χ2n) is 10.0. The molecule has 7 heteroatoms. The lowest BCUT2D eigenvalue weighted by molar-refractivity contribution is -0.197. The molecule has 0 aliphatic heterocycles. The maximum absolute atomic E-state index is 13.4. The highest BCUT2D eigenvalue weighted by Gasteiger charge is 2.65. The molecule has 174 valence electrons. The number of Topliss-reactive ketones (excluding diaryl/α,β-unsaturated/α-hetero) is 1. The van der Waals surface area contributed by atoms with Gasteiger partial charge in [-0.3, -0.25) is 9.59 Å². The van der Waals surface area contributed by atoms with Gasteiger partial charge in [0.2, 0.25) is 0 Å². The molecule has 0 radical (unpaired) electrons. The molecule has 3 aliphatic carbocycles. The number of methoxy groups -OCH3 is 1. The molecule has 7 atom stereocenters. The van der Waals surface area contributed by atoms with Gasteiger partial charge in [0.05, 0.1) is 18.6 Å². The highest BCUT2D eigenvalue weighted by Crippen LogP contribution is 2.64. The fourth-order valence-electron chi connectivity index (χ4n) is 6.77. The Morgan fingerprint density at radius 3 is 2.65 bits per heavy atom. The SMILES string of the molecule is CNCCOC(=O)C=C1CCC2C(C(=O)CC3C2(C)CCC(O)C3(C)C(=O)OC)C1C. The molecule has 0 spiro atoms. The summed E-state index contributed by atoms with van der Waals surface area (Å²) in [5.74, 6) is -1.03. The number of fused-ring (bicyclic) bond motifs is 3. The summed E-state index contributed by atoms with van der Waals surface area (Å²) in [6.45, 7) is 6.88. The molecular weight excluding hydrogens is 398 g/mol. The summed E-state index contributed by atoms with van der Waals surface area (Å²) in [4.78, 5) is 38.4. The minimum atomic E-state index is -1.08. The second kappa shape index (κ2) is 9.02. The van der Waals surface area contributed by atoms with Gasteiger partial charge in [0.25, 0.3) is 0 Å². The zero-order chi connectivity index (χ0) is 23.0. The number of hydrogen-bond acceptors (Lipinski definition) is 7. The fraction of sp³-hybridized carbons (Fsp3) is 0.792. The smallest absolute Gasteiger partial charge is 0.330 e. The number of hydrogen-bond donors (Lipinski definition) is 2. The Kier molecular flexibility index (Phi) is 6.96. The van der Waals surface area contributed by atoms with Gasteiger partial charge in [0, 0.05) is 25.0 Å². The van der Waals surface area contributed by atoms with Crippen molar-refractivity contribution in [2.24, 2.45) is 34.5 Å². The Bertz CT molecular complexity index is 763. The third-order valence-corrected chi connectivity index (χ3v) is 8.62. The number of carbonyl (C=O) groups is 3. The largest absolute Gasteiger partial charge is 0.469 e. The predicted molar refractivity (Wildman–Crippen MR) is 115 cm³/mol. The van der Waals surface area contributed by atoms with Crippen molar-refractivity contribution in [3.05, 3.63) is 11.6 Å². The molecule has 7 unspecified atom stereocenters. The summed E-state index contributed by atoms with van der Waals surface area (Å²) in [6, 6.07) is 0. The zero-order valence-electron chi connectivity index (χ0n) is 19.4. The number of allylic oxidation sites excluding steroid dienone is 1. The van der Waals surface area contributed by atoms with Crippen LogP contribution in [0.2, 0.25) is 0 Å². The van der Waals surface area contributed by atoms with E-state index in [2.05, 4.69) is 12.2 Å². The van der Waals surface area contributed by atoms with Crippen molar-refractivity contribution in [3.8, 4) is 0 Å². The summed E-state index contributed by atoms with van der Waals surface area (Å²) in [7, 11) is 3.14. The molecule has 3 saturated carbocycles. The Morgan fingerprint density at radius 2 is 2.00 bits per heavy atom. The summed E-state index contributed by atoms with van der Waals surface area (Å²) < 4.78 is 10.3. The van der Waals surface area contributed by atoms with Crippen molar-refractivity contribution in [3.63, 3.8) is 0 Å². The fourth-order valence-corrected chi connectivity index (χ4v) is 6.77. The molecule has 0 heterocycles. The van der Waals surface area contributed by atoms with E-state index in [0.29, 0.717) is 19.6 Å². The summed E-state index contributed by atoms with van der Waals surface area (Å²) in [6.07, 6.45) is 3.83. The maximum atomic E-state index is 13.4. The van der Waals surface area contributed by atoms with Gasteiger partial charge in [0.1, 0.15) is 12.4 Å². The monoisotopic (exact) mass is 435 g/mol. The molecule has 3 rings (SSSR count). The summed E-state index contributed by atoms with van der Waals surface area (Å²) >= 11 is 0. The number of ketones is 1. The van der Waals surface area contributed by atoms with Gasteiger partial charge in [-0.05, 0) is 62.8 Å². The summed E-state index contributed by atoms with van der Waals surface area (Å²) in [5.41, 5.74) is -0.357. The van der Waals surface area contributed by atoms with Crippen LogP contribution in [0, 0.1) is 34.5 Å². The number of aliphatic hydroxyl groups is 1. The van der Waals surface area contributed by atoms with Gasteiger partial charge in [-0.25, -0.2) is 4.79 Å². The second-order valence-corrected chi connectivity index (χ2v) is 10.0. The van der Waals surface area contributed by atoms with Crippen LogP contribution < -0.4 is 5.32 Å². The van der Waals surface area contributed by atoms with E-state index in [1.165, 1.54) is 7.11 Å². The van der Waals surface area contributed by atoms with Crippen LogP contribution in [0.5, 0.6) is 0 Å². The third-order valence-electron chi connectivity index (χ3n) is 8.62. The van der Waals surface area contributed by atoms with E-state index in [1.54, 1.807) is 20.0 Å². The van der Waals surface area contributed by atoms with Crippen molar-refractivity contribution in [2.45, 2.75) is 59.0 Å². The van der Waals surface area contributed by atoms with Crippen LogP contribution in [0.15, 0.2) is 11.6 Å². The van der Waals surface area contributed by atoms with Crippen molar-refractivity contribution in [2.75, 3.05) is 27.3 Å². The Labute approximate surface area is 184 Å². The number of aliphatic hydroxyl groups excluding tert-OH is 1. The van der Waals surface area contributed by atoms with Crippen LogP contribution in [0.4, 0.5) is 0 Å². The van der Waals surface area contributed by atoms with Gasteiger partial charge in [-0.2, -0.15) is 0 Å². The van der Waals surface area contributed by atoms with Gasteiger partial charge in [-0.15, -0.1) is 0 Å². The van der Waals surface area contributed by atoms with Crippen molar-refractivity contribution >= 4 is 17.7 Å². The number of ether oxygens (including phenoxy) is 2. The summed E-state index contributed by atoms with van der Waals surface area (Å²) in [5, 5.41) is 13.7. The van der Waals surface area contributed by atoms with Gasteiger partial charge >= 0.3 is 11.9 Å². The van der Waals surface area contributed by atoms with Gasteiger partial charge < -0.3 is 19.9 Å². The van der Waals surface area contributed by atoms with E-state index in [-0.39, 0.29) is 47.3 Å². The van der Waals surface area contributed by atoms with Crippen LogP contribution in [0.1, 0.15) is 52.9 Å². The van der Waals surface area contributed by atoms with Crippen LogP contribution in [-0.2, 0) is 23.9 Å². The van der Waals surface area contributed by atoms with Gasteiger partial charge in [-0.1, -0.05) is 19.4 Å². The molecule has 3 fully saturated rings. The number of carbonyl (C=O) groups excluding carboxylic acids is 3. The predicted octanol–water partition coefficient (Wildman–Crippen LogP) is 2.27. The topological polar surface area (TPSA) is 102 Å². The first kappa shape index (κ1) is 23.9. The van der Waals surface area contributed by atoms with E-state index in [0.717, 1.165) is 24.8 Å². The average Bonchev–Trinajstić information content (AvgIpc) is 2.74. The van der Waals surface area contributed by atoms with Crippen LogP contribution >= 0.6 is 0 Å². The minimum Gasteiger partial charge on any atom is -0.469 e. The average molecular weight is 436 g/mol. The van der Waals surface area contributed by atoms with E-state index in [9.17, 15) is 19.5 Å². The lowest BCUT2D eigenvalue weighted by Gasteiger charge is -2.61. The molecule has 0 saturated heterocycles. The first-order valence-electron chi connectivity index (χ1n) is 11.4. The van der Waals surface area contributed by atoms with Crippen LogP contribution in [0.25, 0.3) is 0 Å². The highest BCUT2D eigenvalue weighted by atomic mass is 16.5. The Morgan fingerprint density at radius 1 is 1.29 bits per heavy atom. The molecule has 0 bridgehead atoms. The van der Waals surface area contributed by atoms with E-state index >= 15 is 0 Å². The van der Waals surface area contributed by atoms with Crippen LogP contribution in [-0.4, -0.2) is 56.2 Å². The lowest BCUT2D eigenvalue weighted by Crippen LogP contribution is -2.63. The quantitative estimate of drug-likeness (QED) is 0.388. The third kappa shape index (κ3) is 3.95. The highest BCUT2D eigenvalue weighted by molar-refractivity contribution is 5.87. The molecule has 3 aliphatic rings. The standard InChI is InChI=1S/C24H37NO6/c1-14-15(12-20(28)31-11-10-25-4)6-7-16-21(14)17(26)13-18-23(16,2)9-8-19(27)24(18,3)22(29)30-5/h12,14,16,18-19,21,25,27H,6-11,13H2,1-5H3. The number of likely N-dealkylation sites (N-methyl/N-ethyl adjacent to an activating group) is 1. The first-order valence-corrected chi connectivity index (χ1v) is 11.4. The maximum Gasteiger partial charge on any atom is 0.330 e. The van der Waals surface area contributed by atoms with E-state index in [4.69, 9.17) is 9.47 Å². The molecule has 2 N–H and O–H groups in total.